The monoisotopic (exact) mass is 673 g/mol. The van der Waals surface area contributed by atoms with Gasteiger partial charge in [-0.05, 0) is 84.2 Å². The fraction of sp³-hybridized carbons (Fsp3) is 0.324. The van der Waals surface area contributed by atoms with Crippen molar-refractivity contribution < 1.29 is 31.9 Å². The van der Waals surface area contributed by atoms with Crippen molar-refractivity contribution in [3.63, 3.8) is 0 Å². The summed E-state index contributed by atoms with van der Waals surface area (Å²) >= 11 is 0. The Balaban J connectivity index is 1.47. The smallest absolute Gasteiger partial charge is 0.303 e. The zero-order chi connectivity index (χ0) is 34.2. The number of nitrogens with one attached hydrogen (secondary N) is 1. The van der Waals surface area contributed by atoms with Crippen molar-refractivity contribution in [2.75, 3.05) is 11.5 Å². The van der Waals surface area contributed by atoms with Crippen LogP contribution in [0.5, 0.6) is 0 Å². The summed E-state index contributed by atoms with van der Waals surface area (Å²) in [4.78, 5) is 28.2. The highest BCUT2D eigenvalue weighted by atomic mass is 32.2. The number of fused-ring (bicyclic) bond motifs is 8. The third-order valence-electron chi connectivity index (χ3n) is 9.14. The molecule has 1 aliphatic rings. The van der Waals surface area contributed by atoms with Crippen LogP contribution in [0.25, 0.3) is 22.2 Å². The van der Waals surface area contributed by atoms with Crippen LogP contribution in [0.2, 0.25) is 0 Å². The average molecular weight is 674 g/mol. The second kappa shape index (κ2) is 13.1. The number of aryl methyl sites for hydroxylation is 2. The number of hydrogen-bond acceptors (Lipinski definition) is 5. The summed E-state index contributed by atoms with van der Waals surface area (Å²) in [7, 11) is -3.63. The Morgan fingerprint density at radius 3 is 2.69 bits per heavy atom. The lowest BCUT2D eigenvalue weighted by molar-refractivity contribution is -0.136. The predicted molar refractivity (Wildman–Crippen MR) is 180 cm³/mol. The molecule has 1 aliphatic heterocycles. The maximum absolute atomic E-state index is 15.7. The van der Waals surface area contributed by atoms with Crippen LogP contribution >= 0.6 is 0 Å². The topological polar surface area (TPSA) is 122 Å². The molecule has 0 saturated carbocycles. The van der Waals surface area contributed by atoms with Crippen LogP contribution in [0.15, 0.2) is 73.1 Å². The van der Waals surface area contributed by atoms with Crippen molar-refractivity contribution in [1.29, 1.82) is 0 Å². The minimum atomic E-state index is -3.63. The Morgan fingerprint density at radius 1 is 1.08 bits per heavy atom. The van der Waals surface area contributed by atoms with Gasteiger partial charge in [-0.15, -0.1) is 0 Å². The van der Waals surface area contributed by atoms with Crippen molar-refractivity contribution in [1.82, 2.24) is 14.8 Å². The number of aliphatic carboxylic acids is 1. The molecule has 0 radical (unpaired) electrons. The Kier molecular flexibility index (Phi) is 9.08. The van der Waals surface area contributed by atoms with Crippen LogP contribution in [0.1, 0.15) is 78.2 Å². The minimum absolute atomic E-state index is 0.0124. The zero-order valence-electron chi connectivity index (χ0n) is 26.8. The molecule has 48 heavy (non-hydrogen) atoms. The maximum atomic E-state index is 15.7. The number of halogens is 2. The second-order valence-electron chi connectivity index (χ2n) is 13.4. The Labute approximate surface area is 277 Å². The highest BCUT2D eigenvalue weighted by Gasteiger charge is 2.29. The van der Waals surface area contributed by atoms with Gasteiger partial charge in [0.2, 0.25) is 0 Å². The van der Waals surface area contributed by atoms with E-state index in [1.807, 2.05) is 38.1 Å². The van der Waals surface area contributed by atoms with Gasteiger partial charge in [0.1, 0.15) is 11.6 Å². The second-order valence-corrected chi connectivity index (χ2v) is 15.6. The molecule has 0 saturated heterocycles. The van der Waals surface area contributed by atoms with Gasteiger partial charge in [0.05, 0.1) is 28.8 Å². The summed E-state index contributed by atoms with van der Waals surface area (Å²) in [5.41, 5.74) is 2.08. The predicted octanol–water partition coefficient (Wildman–Crippen LogP) is 7.31. The van der Waals surface area contributed by atoms with E-state index in [1.54, 1.807) is 29.2 Å². The first-order valence-electron chi connectivity index (χ1n) is 16.0. The number of carboxylic acid groups (broad SMARTS) is 1. The molecule has 2 aromatic heterocycles. The van der Waals surface area contributed by atoms with E-state index in [0.29, 0.717) is 47.8 Å². The molecule has 6 rings (SSSR count). The van der Waals surface area contributed by atoms with Gasteiger partial charge in [-0.2, -0.15) is 5.10 Å². The number of benzene rings is 3. The molecular formula is C37H37F2N3O5S. The number of hydrogen-bond donors (Lipinski definition) is 2. The van der Waals surface area contributed by atoms with Crippen molar-refractivity contribution in [2.24, 2.45) is 5.41 Å². The first-order chi connectivity index (χ1) is 22.8. The van der Waals surface area contributed by atoms with Crippen molar-refractivity contribution in [3.8, 4) is 11.3 Å². The maximum Gasteiger partial charge on any atom is 0.303 e. The molecular weight excluding hydrogens is 636 g/mol. The van der Waals surface area contributed by atoms with E-state index < -0.39 is 38.6 Å². The molecule has 0 spiro atoms. The molecule has 0 aliphatic carbocycles. The summed E-state index contributed by atoms with van der Waals surface area (Å²) in [6.07, 6.45) is 5.45. The molecule has 1 atom stereocenters. The van der Waals surface area contributed by atoms with Gasteiger partial charge in [0.25, 0.3) is 0 Å². The number of aromatic nitrogens is 3. The number of aromatic amines is 1. The van der Waals surface area contributed by atoms with Crippen LogP contribution in [0.3, 0.4) is 0 Å². The average Bonchev–Trinajstić information content (AvgIpc) is 3.70. The lowest BCUT2D eigenvalue weighted by Gasteiger charge is -2.26. The van der Waals surface area contributed by atoms with Gasteiger partial charge in [-0.25, -0.2) is 17.2 Å². The molecule has 2 N–H and O–H groups in total. The lowest BCUT2D eigenvalue weighted by atomic mass is 9.87. The van der Waals surface area contributed by atoms with Gasteiger partial charge in [-0.3, -0.25) is 14.3 Å². The molecule has 1 unspecified atom stereocenters. The van der Waals surface area contributed by atoms with Crippen LogP contribution in [-0.4, -0.2) is 51.5 Å². The molecule has 3 aromatic carbocycles. The SMILES string of the molecule is CC1(C)CCCC(c2cccc(CCC(=O)O)c2)n2ccc(n2)-c2cc(ccc2F)C(=O)c2c(F)cc3[nH]ccc3c2CCS(=O)(=O)C1. The highest BCUT2D eigenvalue weighted by Crippen LogP contribution is 2.34. The van der Waals surface area contributed by atoms with Crippen molar-refractivity contribution >= 4 is 32.5 Å². The molecule has 4 bridgehead atoms. The standard InChI is InChI=1S/C37H37F2N3O5S/c1-37(2)15-4-7-33(24-6-3-5-23(19-24)8-11-34(43)44)42-17-13-31(41-42)28-20-25(9-10-29(28)38)36(45)35-27(14-18-48(46,47)22-37)26-12-16-40-32(26)21-30(35)39/h3,5-6,9-10,12-13,16-17,19-21,33,40H,4,7-8,11,14-15,18,22H2,1-2H3,(H,43,44). The molecule has 8 nitrogen and oxygen atoms in total. The fourth-order valence-electron chi connectivity index (χ4n) is 6.84. The van der Waals surface area contributed by atoms with Crippen LogP contribution in [0.4, 0.5) is 8.78 Å². The van der Waals surface area contributed by atoms with Crippen molar-refractivity contribution in [2.45, 2.75) is 58.4 Å². The van der Waals surface area contributed by atoms with E-state index in [0.717, 1.165) is 17.2 Å². The largest absolute Gasteiger partial charge is 0.481 e. The lowest BCUT2D eigenvalue weighted by Crippen LogP contribution is -2.27. The van der Waals surface area contributed by atoms with Gasteiger partial charge in [-0.1, -0.05) is 44.5 Å². The fourth-order valence-corrected chi connectivity index (χ4v) is 8.83. The molecule has 5 aromatic rings. The normalized spacial score (nSPS) is 18.2. The molecule has 0 fully saturated rings. The molecule has 0 amide bonds. The van der Waals surface area contributed by atoms with Gasteiger partial charge in [0, 0.05) is 40.8 Å². The number of sulfone groups is 1. The number of H-pyrrole nitrogens is 1. The summed E-state index contributed by atoms with van der Waals surface area (Å²) in [5.74, 6) is -3.32. The summed E-state index contributed by atoms with van der Waals surface area (Å²) in [6, 6.07) is 15.7. The third-order valence-corrected chi connectivity index (χ3v) is 11.2. The van der Waals surface area contributed by atoms with E-state index in [1.165, 1.54) is 18.2 Å². The van der Waals surface area contributed by atoms with E-state index >= 15 is 8.78 Å². The zero-order valence-corrected chi connectivity index (χ0v) is 27.6. The minimum Gasteiger partial charge on any atom is -0.481 e. The van der Waals surface area contributed by atoms with Crippen LogP contribution < -0.4 is 0 Å². The number of rotatable bonds is 4. The Morgan fingerprint density at radius 2 is 1.90 bits per heavy atom. The van der Waals surface area contributed by atoms with Crippen LogP contribution in [-0.2, 0) is 27.5 Å². The quantitative estimate of drug-likeness (QED) is 0.206. The van der Waals surface area contributed by atoms with Gasteiger partial charge < -0.3 is 10.1 Å². The van der Waals surface area contributed by atoms with Crippen molar-refractivity contribution in [3.05, 3.63) is 113 Å². The number of carboxylic acids is 1. The summed E-state index contributed by atoms with van der Waals surface area (Å²) in [5, 5.41) is 14.5. The highest BCUT2D eigenvalue weighted by molar-refractivity contribution is 7.91. The van der Waals surface area contributed by atoms with E-state index in [-0.39, 0.29) is 47.1 Å². The first kappa shape index (κ1) is 33.3. The number of carbonyl (C=O) groups excluding carboxylic acids is 1. The number of nitrogens with zero attached hydrogens (tertiary/aromatic N) is 2. The molecule has 3 heterocycles. The van der Waals surface area contributed by atoms with E-state index in [4.69, 9.17) is 5.10 Å². The first-order valence-corrected chi connectivity index (χ1v) is 17.8. The molecule has 250 valence electrons. The van der Waals surface area contributed by atoms with E-state index in [9.17, 15) is 23.1 Å². The number of ketones is 1. The molecule has 11 heteroatoms. The third kappa shape index (κ3) is 7.11. The van der Waals surface area contributed by atoms with Gasteiger partial charge >= 0.3 is 5.97 Å². The Bertz CT molecular complexity index is 2130. The summed E-state index contributed by atoms with van der Waals surface area (Å²) in [6.45, 7) is 3.82. The van der Waals surface area contributed by atoms with Crippen LogP contribution in [0, 0.1) is 17.0 Å². The Hall–Kier alpha value is -4.64. The van der Waals surface area contributed by atoms with Gasteiger partial charge in [0.15, 0.2) is 15.6 Å². The summed E-state index contributed by atoms with van der Waals surface area (Å²) < 4.78 is 59.9. The van der Waals surface area contributed by atoms with E-state index in [2.05, 4.69) is 4.98 Å². The number of carbonyl (C=O) groups is 2.